The van der Waals surface area contributed by atoms with E-state index >= 15 is 0 Å². The summed E-state index contributed by atoms with van der Waals surface area (Å²) in [5.41, 5.74) is 6.73. The van der Waals surface area contributed by atoms with Crippen molar-refractivity contribution < 1.29 is 9.18 Å². The van der Waals surface area contributed by atoms with Gasteiger partial charge in [0.2, 0.25) is 5.91 Å². The number of hydrogen-bond acceptors (Lipinski definition) is 5. The Morgan fingerprint density at radius 1 is 1.13 bits per heavy atom. The molecule has 7 heteroatoms. The number of fused-ring (bicyclic) bond motifs is 3. The van der Waals surface area contributed by atoms with Gasteiger partial charge in [-0.1, -0.05) is 61.0 Å². The second-order valence-electron chi connectivity index (χ2n) is 8.57. The fourth-order valence-corrected chi connectivity index (χ4v) is 6.03. The summed E-state index contributed by atoms with van der Waals surface area (Å²) in [5, 5.41) is 5.62. The number of benzene rings is 2. The number of hydrazone groups is 1. The SMILES string of the molecule is Cc1ccccc1CSC1=NNC2N(Cc3ccc(F)cc3)C(=O)C3CCCCC3N12. The molecule has 0 radical (unpaired) electrons. The van der Waals surface area contributed by atoms with E-state index in [1.165, 1.54) is 23.3 Å². The van der Waals surface area contributed by atoms with Crippen molar-refractivity contribution in [1.29, 1.82) is 0 Å². The van der Waals surface area contributed by atoms with Crippen LogP contribution in [0.5, 0.6) is 0 Å². The highest BCUT2D eigenvalue weighted by atomic mass is 32.2. The molecular weight excluding hydrogens is 411 g/mol. The number of aryl methyl sites for hydroxylation is 1. The summed E-state index contributed by atoms with van der Waals surface area (Å²) in [6.07, 6.45) is 3.89. The van der Waals surface area contributed by atoms with E-state index in [9.17, 15) is 9.18 Å². The predicted octanol–water partition coefficient (Wildman–Crippen LogP) is 4.43. The third-order valence-electron chi connectivity index (χ3n) is 6.63. The number of thioether (sulfide) groups is 1. The summed E-state index contributed by atoms with van der Waals surface area (Å²) in [7, 11) is 0. The molecule has 1 saturated heterocycles. The van der Waals surface area contributed by atoms with Crippen LogP contribution in [-0.2, 0) is 17.1 Å². The van der Waals surface area contributed by atoms with Crippen LogP contribution in [0.25, 0.3) is 0 Å². The maximum atomic E-state index is 13.4. The molecule has 31 heavy (non-hydrogen) atoms. The molecule has 3 unspecified atom stereocenters. The first-order valence-electron chi connectivity index (χ1n) is 11.0. The van der Waals surface area contributed by atoms with Crippen molar-refractivity contribution in [2.75, 3.05) is 0 Å². The van der Waals surface area contributed by atoms with Crippen LogP contribution in [0.3, 0.4) is 0 Å². The monoisotopic (exact) mass is 438 g/mol. The van der Waals surface area contributed by atoms with Crippen LogP contribution in [0.15, 0.2) is 53.6 Å². The fraction of sp³-hybridized carbons (Fsp3) is 0.417. The van der Waals surface area contributed by atoms with Crippen molar-refractivity contribution in [2.45, 2.75) is 57.2 Å². The molecule has 1 amide bonds. The largest absolute Gasteiger partial charge is 0.307 e. The Balaban J connectivity index is 1.38. The summed E-state index contributed by atoms with van der Waals surface area (Å²) in [4.78, 5) is 17.6. The summed E-state index contributed by atoms with van der Waals surface area (Å²) in [6, 6.07) is 15.0. The third kappa shape index (κ3) is 3.91. The molecule has 1 saturated carbocycles. The molecule has 3 aliphatic rings. The normalized spacial score (nSPS) is 25.0. The molecular formula is C24H27FN4OS. The quantitative estimate of drug-likeness (QED) is 0.767. The lowest BCUT2D eigenvalue weighted by Crippen LogP contribution is -2.66. The maximum absolute atomic E-state index is 13.4. The molecule has 2 aliphatic heterocycles. The number of nitrogens with zero attached hydrogens (tertiary/aromatic N) is 3. The van der Waals surface area contributed by atoms with E-state index in [1.807, 2.05) is 4.90 Å². The van der Waals surface area contributed by atoms with Crippen molar-refractivity contribution >= 4 is 22.8 Å². The van der Waals surface area contributed by atoms with E-state index in [4.69, 9.17) is 0 Å². The van der Waals surface area contributed by atoms with Gasteiger partial charge in [0, 0.05) is 18.3 Å². The van der Waals surface area contributed by atoms with Crippen molar-refractivity contribution in [3.05, 3.63) is 71.0 Å². The summed E-state index contributed by atoms with van der Waals surface area (Å²) in [6.45, 7) is 2.58. The summed E-state index contributed by atoms with van der Waals surface area (Å²) >= 11 is 1.73. The number of rotatable bonds is 4. The predicted molar refractivity (Wildman–Crippen MR) is 121 cm³/mol. The van der Waals surface area contributed by atoms with Crippen molar-refractivity contribution in [1.82, 2.24) is 15.2 Å². The van der Waals surface area contributed by atoms with Gasteiger partial charge in [-0.15, -0.1) is 0 Å². The molecule has 1 aliphatic carbocycles. The van der Waals surface area contributed by atoms with Gasteiger partial charge >= 0.3 is 0 Å². The highest BCUT2D eigenvalue weighted by molar-refractivity contribution is 8.13. The molecule has 2 aromatic carbocycles. The zero-order valence-corrected chi connectivity index (χ0v) is 18.4. The molecule has 2 fully saturated rings. The van der Waals surface area contributed by atoms with Gasteiger partial charge < -0.3 is 4.90 Å². The Morgan fingerprint density at radius 2 is 1.90 bits per heavy atom. The number of carbonyl (C=O) groups is 1. The first-order chi connectivity index (χ1) is 15.1. The van der Waals surface area contributed by atoms with Crippen LogP contribution in [0.1, 0.15) is 42.4 Å². The van der Waals surface area contributed by atoms with E-state index < -0.39 is 0 Å². The van der Waals surface area contributed by atoms with E-state index in [1.54, 1.807) is 23.9 Å². The Morgan fingerprint density at radius 3 is 2.71 bits per heavy atom. The van der Waals surface area contributed by atoms with Gasteiger partial charge in [0.25, 0.3) is 0 Å². The molecule has 5 nitrogen and oxygen atoms in total. The molecule has 0 spiro atoms. The molecule has 0 aromatic heterocycles. The lowest BCUT2D eigenvalue weighted by molar-refractivity contribution is -0.156. The highest BCUT2D eigenvalue weighted by Crippen LogP contribution is 2.39. The van der Waals surface area contributed by atoms with E-state index in [0.717, 1.165) is 42.2 Å². The number of amidine groups is 1. The molecule has 162 valence electrons. The fourth-order valence-electron chi connectivity index (χ4n) is 4.92. The lowest BCUT2D eigenvalue weighted by Gasteiger charge is -2.50. The van der Waals surface area contributed by atoms with Gasteiger partial charge in [-0.3, -0.25) is 15.1 Å². The second kappa shape index (κ2) is 8.54. The first-order valence-corrected chi connectivity index (χ1v) is 11.9. The number of carbonyl (C=O) groups excluding carboxylic acids is 1. The van der Waals surface area contributed by atoms with Gasteiger partial charge in [0.05, 0.1) is 5.92 Å². The molecule has 1 N–H and O–H groups in total. The smallest absolute Gasteiger partial charge is 0.231 e. The van der Waals surface area contributed by atoms with Gasteiger partial charge in [-0.2, -0.15) is 5.10 Å². The average Bonchev–Trinajstić information content (AvgIpc) is 3.21. The number of nitrogens with one attached hydrogen (secondary N) is 1. The zero-order chi connectivity index (χ0) is 21.4. The molecule has 0 bridgehead atoms. The van der Waals surface area contributed by atoms with Crippen LogP contribution < -0.4 is 5.43 Å². The van der Waals surface area contributed by atoms with E-state index in [-0.39, 0.29) is 30.0 Å². The summed E-state index contributed by atoms with van der Waals surface area (Å²) < 4.78 is 13.4. The van der Waals surface area contributed by atoms with Gasteiger partial charge in [0.1, 0.15) is 5.82 Å². The van der Waals surface area contributed by atoms with Crippen LogP contribution in [0.2, 0.25) is 0 Å². The zero-order valence-electron chi connectivity index (χ0n) is 17.6. The number of halogens is 1. The Hall–Kier alpha value is -2.54. The van der Waals surface area contributed by atoms with Crippen LogP contribution >= 0.6 is 11.8 Å². The van der Waals surface area contributed by atoms with Crippen LogP contribution in [0, 0.1) is 18.7 Å². The van der Waals surface area contributed by atoms with Gasteiger partial charge in [-0.25, -0.2) is 4.39 Å². The second-order valence-corrected chi connectivity index (χ2v) is 9.51. The molecule has 5 rings (SSSR count). The first kappa shape index (κ1) is 20.4. The van der Waals surface area contributed by atoms with Crippen molar-refractivity contribution in [2.24, 2.45) is 11.0 Å². The summed E-state index contributed by atoms with van der Waals surface area (Å²) in [5.74, 6) is 0.761. The van der Waals surface area contributed by atoms with Gasteiger partial charge in [-0.05, 0) is 48.6 Å². The molecule has 2 aromatic rings. The number of amides is 1. The lowest BCUT2D eigenvalue weighted by atomic mass is 9.81. The molecule has 2 heterocycles. The minimum atomic E-state index is -0.281. The van der Waals surface area contributed by atoms with Crippen LogP contribution in [0.4, 0.5) is 4.39 Å². The van der Waals surface area contributed by atoms with Gasteiger partial charge in [0.15, 0.2) is 11.5 Å². The minimum absolute atomic E-state index is 0.00499. The van der Waals surface area contributed by atoms with Crippen molar-refractivity contribution in [3.8, 4) is 0 Å². The van der Waals surface area contributed by atoms with Crippen LogP contribution in [-0.4, -0.2) is 33.2 Å². The Labute approximate surface area is 186 Å². The molecule has 3 atom stereocenters. The topological polar surface area (TPSA) is 47.9 Å². The third-order valence-corrected chi connectivity index (χ3v) is 7.64. The maximum Gasteiger partial charge on any atom is 0.231 e. The Kier molecular flexibility index (Phi) is 5.61. The highest BCUT2D eigenvalue weighted by Gasteiger charge is 2.50. The van der Waals surface area contributed by atoms with E-state index in [2.05, 4.69) is 46.6 Å². The minimum Gasteiger partial charge on any atom is -0.307 e. The number of hydrogen-bond donors (Lipinski definition) is 1. The van der Waals surface area contributed by atoms with Crippen molar-refractivity contribution in [3.63, 3.8) is 0 Å². The van der Waals surface area contributed by atoms with E-state index in [0.29, 0.717) is 6.54 Å². The standard InChI is InChI=1S/C24H27FN4OS/c1-16-6-2-3-7-18(16)15-31-24-27-26-23-28(14-17-10-12-19(25)13-11-17)22(30)20-8-4-5-9-21(20)29(23)24/h2-3,6-7,10-13,20-21,23,26H,4-5,8-9,14-15H2,1H3. The Bertz CT molecular complexity index is 995. The average molecular weight is 439 g/mol.